The maximum Gasteiger partial charge on any atom is 0.251 e. The van der Waals surface area contributed by atoms with Crippen molar-refractivity contribution in [2.45, 2.75) is 12.5 Å². The van der Waals surface area contributed by atoms with E-state index in [0.717, 1.165) is 30.1 Å². The summed E-state index contributed by atoms with van der Waals surface area (Å²) in [7, 11) is 1.60. The lowest BCUT2D eigenvalue weighted by molar-refractivity contribution is 0.0963. The molecule has 1 atom stereocenters. The number of carbonyl (C=O) groups is 1. The third-order valence-electron chi connectivity index (χ3n) is 4.46. The Morgan fingerprint density at radius 2 is 2.04 bits per heavy atom. The molecular formula is C18H20N6O2. The molecule has 3 aromatic rings. The zero-order valence-electron chi connectivity index (χ0n) is 14.4. The number of hydrogen-bond acceptors (Lipinski definition) is 6. The highest BCUT2D eigenvalue weighted by atomic mass is 16.3. The average Bonchev–Trinajstić information content (AvgIpc) is 3.27. The van der Waals surface area contributed by atoms with E-state index in [4.69, 9.17) is 0 Å². The minimum Gasteiger partial charge on any atom is -0.391 e. The Labute approximate surface area is 150 Å². The van der Waals surface area contributed by atoms with Crippen LogP contribution in [0.15, 0.2) is 42.5 Å². The fraction of sp³-hybridized carbons (Fsp3) is 0.278. The van der Waals surface area contributed by atoms with Gasteiger partial charge in [-0.1, -0.05) is 6.07 Å². The van der Waals surface area contributed by atoms with E-state index < -0.39 is 0 Å². The maximum atomic E-state index is 11.6. The van der Waals surface area contributed by atoms with Crippen LogP contribution in [0, 0.1) is 0 Å². The number of nitrogens with one attached hydrogen (secondary N) is 2. The van der Waals surface area contributed by atoms with Crippen LogP contribution in [0.4, 0.5) is 17.5 Å². The Morgan fingerprint density at radius 1 is 1.23 bits per heavy atom. The minimum atomic E-state index is -0.301. The van der Waals surface area contributed by atoms with Gasteiger partial charge in [-0.05, 0) is 42.8 Å². The number of amides is 1. The van der Waals surface area contributed by atoms with Crippen LogP contribution in [0.5, 0.6) is 0 Å². The molecule has 0 aliphatic carbocycles. The molecule has 2 aromatic heterocycles. The zero-order valence-corrected chi connectivity index (χ0v) is 14.4. The van der Waals surface area contributed by atoms with Gasteiger partial charge in [0.05, 0.1) is 6.10 Å². The van der Waals surface area contributed by atoms with E-state index in [2.05, 4.69) is 25.6 Å². The molecule has 0 spiro atoms. The van der Waals surface area contributed by atoms with Crippen LogP contribution in [-0.4, -0.2) is 51.9 Å². The molecule has 0 radical (unpaired) electrons. The summed E-state index contributed by atoms with van der Waals surface area (Å²) in [6, 6.07) is 12.9. The lowest BCUT2D eigenvalue weighted by atomic mass is 10.2. The zero-order chi connectivity index (χ0) is 18.1. The molecule has 1 aliphatic rings. The quantitative estimate of drug-likeness (QED) is 0.657. The third kappa shape index (κ3) is 3.06. The maximum absolute atomic E-state index is 11.6. The third-order valence-corrected chi connectivity index (χ3v) is 4.46. The summed E-state index contributed by atoms with van der Waals surface area (Å²) < 4.78 is 1.78. The standard InChI is InChI=1S/C18H20N6O2/c1-19-17(26)12-5-7-13(8-6-12)20-18-21-15-3-2-4-16(24(15)22-18)23-10-9-14(25)11-23/h2-8,14,25H,9-11H2,1H3,(H,19,26)(H,20,22)/t14-/m0/s1. The Morgan fingerprint density at radius 3 is 2.73 bits per heavy atom. The molecule has 1 amide bonds. The van der Waals surface area contributed by atoms with Gasteiger partial charge in [-0.15, -0.1) is 5.10 Å². The first-order valence-corrected chi connectivity index (χ1v) is 8.52. The molecule has 8 heteroatoms. The van der Waals surface area contributed by atoms with Gasteiger partial charge in [-0.2, -0.15) is 9.50 Å². The smallest absolute Gasteiger partial charge is 0.251 e. The van der Waals surface area contributed by atoms with Crippen LogP contribution in [0.25, 0.3) is 5.65 Å². The van der Waals surface area contributed by atoms with Crippen LogP contribution in [0.2, 0.25) is 0 Å². The number of aliphatic hydroxyl groups excluding tert-OH is 1. The second kappa shape index (κ2) is 6.64. The van der Waals surface area contributed by atoms with E-state index in [1.807, 2.05) is 30.3 Å². The molecule has 1 aliphatic heterocycles. The highest BCUT2D eigenvalue weighted by molar-refractivity contribution is 5.94. The van der Waals surface area contributed by atoms with Crippen LogP contribution >= 0.6 is 0 Å². The average molecular weight is 352 g/mol. The SMILES string of the molecule is CNC(=O)c1ccc(Nc2nc3cccc(N4CC[C@H](O)C4)n3n2)cc1. The second-order valence-corrected chi connectivity index (χ2v) is 6.26. The van der Waals surface area contributed by atoms with E-state index >= 15 is 0 Å². The predicted octanol–water partition coefficient (Wildman–Crippen LogP) is 1.40. The van der Waals surface area contributed by atoms with Gasteiger partial charge in [-0.3, -0.25) is 4.79 Å². The molecular weight excluding hydrogens is 332 g/mol. The number of fused-ring (bicyclic) bond motifs is 1. The Kier molecular flexibility index (Phi) is 4.18. The molecule has 134 valence electrons. The molecule has 4 rings (SSSR count). The molecule has 3 N–H and O–H groups in total. The molecule has 1 saturated heterocycles. The lowest BCUT2D eigenvalue weighted by Gasteiger charge is -2.17. The number of nitrogens with zero attached hydrogens (tertiary/aromatic N) is 4. The van der Waals surface area contributed by atoms with Crippen LogP contribution < -0.4 is 15.5 Å². The van der Waals surface area contributed by atoms with E-state index in [1.165, 1.54) is 0 Å². The van der Waals surface area contributed by atoms with Crippen molar-refractivity contribution in [1.29, 1.82) is 0 Å². The van der Waals surface area contributed by atoms with Crippen molar-refractivity contribution in [3.05, 3.63) is 48.0 Å². The number of aliphatic hydroxyl groups is 1. The van der Waals surface area contributed by atoms with Crippen molar-refractivity contribution in [2.24, 2.45) is 0 Å². The predicted molar refractivity (Wildman–Crippen MR) is 98.9 cm³/mol. The van der Waals surface area contributed by atoms with Crippen molar-refractivity contribution in [3.8, 4) is 0 Å². The Bertz CT molecular complexity index is 937. The van der Waals surface area contributed by atoms with Crippen molar-refractivity contribution >= 4 is 29.0 Å². The second-order valence-electron chi connectivity index (χ2n) is 6.26. The first-order valence-electron chi connectivity index (χ1n) is 8.52. The highest BCUT2D eigenvalue weighted by Gasteiger charge is 2.22. The van der Waals surface area contributed by atoms with E-state index in [1.54, 1.807) is 23.7 Å². The number of anilines is 3. The van der Waals surface area contributed by atoms with E-state index in [-0.39, 0.29) is 12.0 Å². The van der Waals surface area contributed by atoms with Gasteiger partial charge in [0, 0.05) is 31.4 Å². The summed E-state index contributed by atoms with van der Waals surface area (Å²) in [6.07, 6.45) is 0.457. The number of β-amino-alcohol motifs (C(OH)–C–C–N with tert-alkyl or cyclic N) is 1. The van der Waals surface area contributed by atoms with Crippen LogP contribution in [-0.2, 0) is 0 Å². The number of rotatable bonds is 4. The summed E-state index contributed by atoms with van der Waals surface area (Å²) in [5.74, 6) is 1.26. The Balaban J connectivity index is 1.59. The molecule has 0 unspecified atom stereocenters. The molecule has 1 fully saturated rings. The Hall–Kier alpha value is -3.13. The van der Waals surface area contributed by atoms with Gasteiger partial charge in [0.25, 0.3) is 5.91 Å². The largest absolute Gasteiger partial charge is 0.391 e. The molecule has 8 nitrogen and oxygen atoms in total. The fourth-order valence-corrected chi connectivity index (χ4v) is 3.11. The van der Waals surface area contributed by atoms with Gasteiger partial charge in [0.1, 0.15) is 5.82 Å². The van der Waals surface area contributed by atoms with Gasteiger partial charge in [0.2, 0.25) is 5.95 Å². The van der Waals surface area contributed by atoms with E-state index in [9.17, 15) is 9.90 Å². The number of aromatic nitrogens is 3. The van der Waals surface area contributed by atoms with Gasteiger partial charge in [-0.25, -0.2) is 0 Å². The number of carbonyl (C=O) groups excluding carboxylic acids is 1. The molecule has 1 aromatic carbocycles. The van der Waals surface area contributed by atoms with E-state index in [0.29, 0.717) is 18.1 Å². The highest BCUT2D eigenvalue weighted by Crippen LogP contribution is 2.23. The number of benzene rings is 1. The first kappa shape index (κ1) is 16.3. The lowest BCUT2D eigenvalue weighted by Crippen LogP contribution is -2.23. The summed E-state index contributed by atoms with van der Waals surface area (Å²) in [5, 5.41) is 20.1. The summed E-state index contributed by atoms with van der Waals surface area (Å²) >= 11 is 0. The molecule has 0 bridgehead atoms. The van der Waals surface area contributed by atoms with Crippen LogP contribution in [0.1, 0.15) is 16.8 Å². The van der Waals surface area contributed by atoms with Gasteiger partial charge >= 0.3 is 0 Å². The van der Waals surface area contributed by atoms with Crippen LogP contribution in [0.3, 0.4) is 0 Å². The number of hydrogen-bond donors (Lipinski definition) is 3. The normalized spacial score (nSPS) is 16.8. The number of pyridine rings is 1. The topological polar surface area (TPSA) is 94.8 Å². The first-order chi connectivity index (χ1) is 12.6. The minimum absolute atomic E-state index is 0.125. The summed E-state index contributed by atoms with van der Waals surface area (Å²) in [5.41, 5.74) is 2.12. The molecule has 0 saturated carbocycles. The monoisotopic (exact) mass is 352 g/mol. The van der Waals surface area contributed by atoms with Crippen molar-refractivity contribution in [3.63, 3.8) is 0 Å². The van der Waals surface area contributed by atoms with Gasteiger partial charge < -0.3 is 20.6 Å². The van der Waals surface area contributed by atoms with Crippen molar-refractivity contribution < 1.29 is 9.90 Å². The molecule has 3 heterocycles. The summed E-state index contributed by atoms with van der Waals surface area (Å²) in [6.45, 7) is 1.40. The van der Waals surface area contributed by atoms with Gasteiger partial charge in [0.15, 0.2) is 5.65 Å². The fourth-order valence-electron chi connectivity index (χ4n) is 3.11. The summed E-state index contributed by atoms with van der Waals surface area (Å²) in [4.78, 5) is 18.2. The van der Waals surface area contributed by atoms with Crippen molar-refractivity contribution in [1.82, 2.24) is 19.9 Å². The van der Waals surface area contributed by atoms with Crippen molar-refractivity contribution in [2.75, 3.05) is 30.4 Å². The molecule has 26 heavy (non-hydrogen) atoms.